The molecule has 5 atom stereocenters. The first-order valence-electron chi connectivity index (χ1n) is 24.0. The van der Waals surface area contributed by atoms with Gasteiger partial charge in [-0.05, 0) is 100.0 Å². The molecule has 68 heavy (non-hydrogen) atoms. The number of β-amino-alcohol motifs (C(OH)–C–C–N with tert-alkyl or cyclic N) is 1. The number of phenolic OH excluding ortho intramolecular Hbond substituents is 1. The Labute approximate surface area is 397 Å². The minimum absolute atomic E-state index is 0.00355. The minimum atomic E-state index is -1.16. The molecule has 0 radical (unpaired) electrons. The van der Waals surface area contributed by atoms with E-state index >= 15 is 0 Å². The molecule has 2 aromatic carbocycles. The summed E-state index contributed by atoms with van der Waals surface area (Å²) in [6.07, 6.45) is 11.3. The molecule has 0 aliphatic carbocycles. The zero-order valence-electron chi connectivity index (χ0n) is 39.6. The fourth-order valence-electron chi connectivity index (χ4n) is 10.6. The highest BCUT2D eigenvalue weighted by Gasteiger charge is 2.46. The van der Waals surface area contributed by atoms with Crippen molar-refractivity contribution in [3.05, 3.63) is 94.9 Å². The van der Waals surface area contributed by atoms with Gasteiger partial charge in [-0.2, -0.15) is 0 Å². The van der Waals surface area contributed by atoms with E-state index in [4.69, 9.17) is 21.1 Å². The highest BCUT2D eigenvalue weighted by atomic mass is 16.6. The number of aromatic amines is 1. The number of nitrogens with one attached hydrogen (secondary N) is 2. The number of carbonyl (C=O) groups is 3. The van der Waals surface area contributed by atoms with Crippen molar-refractivity contribution >= 4 is 34.9 Å². The lowest BCUT2D eigenvalue weighted by Gasteiger charge is -2.42. The molecular weight excluding hydrogens is 861 g/mol. The average molecular weight is 923 g/mol. The summed E-state index contributed by atoms with van der Waals surface area (Å²) in [6, 6.07) is 15.5. The number of fused-ring (bicyclic) bond motifs is 3. The number of hydrogen-bond acceptors (Lipinski definition) is 12. The number of para-hydroxylation sites is 1. The summed E-state index contributed by atoms with van der Waals surface area (Å²) in [4.78, 5) is 62.7. The van der Waals surface area contributed by atoms with Gasteiger partial charge in [-0.1, -0.05) is 51.0 Å². The molecule has 16 nitrogen and oxygen atoms in total. The Morgan fingerprint density at radius 3 is 2.34 bits per heavy atom. The molecule has 16 heteroatoms. The third kappa shape index (κ3) is 9.46. The number of phenols is 1. The molecule has 0 bridgehead atoms. The number of terminal acetylenes is 1. The number of benzene rings is 2. The average Bonchev–Trinajstić information content (AvgIpc) is 3.93. The fourth-order valence-corrected chi connectivity index (χ4v) is 10.6. The summed E-state index contributed by atoms with van der Waals surface area (Å²) in [5, 5.41) is 34.0. The topological polar surface area (TPSA) is 193 Å². The van der Waals surface area contributed by atoms with Gasteiger partial charge in [-0.15, -0.1) is 16.6 Å². The van der Waals surface area contributed by atoms with E-state index in [0.29, 0.717) is 42.3 Å². The molecule has 0 spiro atoms. The fraction of sp³-hybridized carbons (Fsp3) is 0.481. The van der Waals surface area contributed by atoms with E-state index in [-0.39, 0.29) is 36.7 Å². The Hall–Kier alpha value is -6.57. The number of H-pyrrole nitrogens is 1. The number of aromatic nitrogens is 5. The van der Waals surface area contributed by atoms with Crippen LogP contribution in [0.5, 0.6) is 5.75 Å². The first-order valence-corrected chi connectivity index (χ1v) is 24.0. The van der Waals surface area contributed by atoms with Crippen LogP contribution in [0, 0.1) is 17.8 Å². The Bertz CT molecular complexity index is 2680. The van der Waals surface area contributed by atoms with Crippen molar-refractivity contribution in [2.45, 2.75) is 115 Å². The number of rotatable bonds is 9. The number of piperidine rings is 2. The molecular formula is C52H62N10O6. The first kappa shape index (κ1) is 46.5. The van der Waals surface area contributed by atoms with Gasteiger partial charge < -0.3 is 44.9 Å². The van der Waals surface area contributed by atoms with Crippen LogP contribution in [0.2, 0.25) is 0 Å². The second-order valence-corrected chi connectivity index (χ2v) is 20.0. The number of likely N-dealkylation sites (tertiary alicyclic amines) is 3. The Morgan fingerprint density at radius 2 is 1.66 bits per heavy atom. The van der Waals surface area contributed by atoms with E-state index in [1.54, 1.807) is 17.0 Å². The highest BCUT2D eigenvalue weighted by molar-refractivity contribution is 5.92. The zero-order valence-corrected chi connectivity index (χ0v) is 39.6. The number of ether oxygens (including phenoxy) is 1. The Morgan fingerprint density at radius 1 is 0.956 bits per heavy atom. The zero-order chi connectivity index (χ0) is 47.9. The number of hydrogen-bond donors (Lipinski definition) is 4. The molecule has 0 saturated carbocycles. The molecule has 4 aliphatic heterocycles. The minimum Gasteiger partial charge on any atom is -0.507 e. The quantitative estimate of drug-likeness (QED) is 0.122. The van der Waals surface area contributed by atoms with Gasteiger partial charge >= 0.3 is 6.09 Å². The van der Waals surface area contributed by atoms with Crippen molar-refractivity contribution in [2.75, 3.05) is 44.2 Å². The van der Waals surface area contributed by atoms with E-state index in [2.05, 4.69) is 43.1 Å². The van der Waals surface area contributed by atoms with Crippen LogP contribution in [0.25, 0.3) is 22.3 Å². The lowest BCUT2D eigenvalue weighted by molar-refractivity contribution is -0.151. The van der Waals surface area contributed by atoms with Crippen molar-refractivity contribution in [2.24, 2.45) is 5.41 Å². The van der Waals surface area contributed by atoms with E-state index in [1.807, 2.05) is 82.6 Å². The Balaban J connectivity index is 0.763. The monoisotopic (exact) mass is 922 g/mol. The predicted molar refractivity (Wildman–Crippen MR) is 257 cm³/mol. The molecule has 3 aromatic heterocycles. The van der Waals surface area contributed by atoms with Crippen LogP contribution in [0.4, 0.5) is 10.7 Å². The van der Waals surface area contributed by atoms with Crippen molar-refractivity contribution in [1.29, 1.82) is 0 Å². The standard InChI is InChI=1S/C52H62N10O6/c1-7-33-12-14-34(15-13-33)31(2)55-48(65)43-26-38(63)30-62(43)49(66)46(52(4,5)6)68-51(67)60-23-18-37(19-24-60)59-21-16-35(17-22-59)36-28-53-50(54-29-36)61-25-20-41-45(32(61)3)40-27-42(57-58-47(40)56-41)39-10-8-9-11-44(39)64/h1,8-15,27-29,31-32,35,37-38,43,46,63-64H,16-26,30H2,2-6H3,(H,55,65)(H,56,58)/t31-,32+,38+,43-,46+/m0/s1. The van der Waals surface area contributed by atoms with Crippen molar-refractivity contribution in [1.82, 2.24) is 45.2 Å². The number of aromatic hydroxyl groups is 1. The summed E-state index contributed by atoms with van der Waals surface area (Å²) < 4.78 is 6.04. The molecule has 4 aliphatic rings. The molecule has 0 unspecified atom stereocenters. The molecule has 3 saturated heterocycles. The van der Waals surface area contributed by atoms with Crippen LogP contribution in [0.3, 0.4) is 0 Å². The van der Waals surface area contributed by atoms with Gasteiger partial charge in [0.1, 0.15) is 11.8 Å². The number of anilines is 1. The lowest BCUT2D eigenvalue weighted by Crippen LogP contribution is -2.55. The maximum Gasteiger partial charge on any atom is 0.410 e. The number of amides is 3. The second kappa shape index (κ2) is 19.2. The normalized spacial score (nSPS) is 21.5. The second-order valence-electron chi connectivity index (χ2n) is 20.0. The van der Waals surface area contributed by atoms with Gasteiger partial charge in [-0.25, -0.2) is 14.8 Å². The summed E-state index contributed by atoms with van der Waals surface area (Å²) in [7, 11) is 0. The van der Waals surface area contributed by atoms with E-state index in [0.717, 1.165) is 90.7 Å². The van der Waals surface area contributed by atoms with E-state index < -0.39 is 35.7 Å². The highest BCUT2D eigenvalue weighted by Crippen LogP contribution is 2.39. The smallest absolute Gasteiger partial charge is 0.410 e. The molecule has 356 valence electrons. The molecule has 4 N–H and O–H groups in total. The molecule has 3 amide bonds. The number of carbonyl (C=O) groups excluding carboxylic acids is 3. The first-order chi connectivity index (χ1) is 32.7. The molecule has 5 aromatic rings. The molecule has 9 rings (SSSR count). The van der Waals surface area contributed by atoms with Gasteiger partial charge in [0.05, 0.1) is 23.9 Å². The maximum absolute atomic E-state index is 14.2. The summed E-state index contributed by atoms with van der Waals surface area (Å²) in [5.74, 6) is 2.93. The van der Waals surface area contributed by atoms with Crippen LogP contribution in [0.15, 0.2) is 67.0 Å². The van der Waals surface area contributed by atoms with Gasteiger partial charge in [-0.3, -0.25) is 9.59 Å². The van der Waals surface area contributed by atoms with Gasteiger partial charge in [0, 0.05) is 90.6 Å². The van der Waals surface area contributed by atoms with Crippen LogP contribution in [0.1, 0.15) is 113 Å². The number of nitrogens with zero attached hydrogens (tertiary/aromatic N) is 8. The van der Waals surface area contributed by atoms with Gasteiger partial charge in [0.15, 0.2) is 11.8 Å². The third-order valence-corrected chi connectivity index (χ3v) is 14.5. The largest absolute Gasteiger partial charge is 0.507 e. The van der Waals surface area contributed by atoms with Gasteiger partial charge in [0.25, 0.3) is 5.91 Å². The third-order valence-electron chi connectivity index (χ3n) is 14.5. The van der Waals surface area contributed by atoms with Crippen LogP contribution in [-0.4, -0.2) is 132 Å². The van der Waals surface area contributed by atoms with Crippen molar-refractivity contribution < 1.29 is 29.3 Å². The summed E-state index contributed by atoms with van der Waals surface area (Å²) in [5.41, 5.74) is 6.23. The molecule has 3 fully saturated rings. The van der Waals surface area contributed by atoms with E-state index in [1.165, 1.54) is 4.90 Å². The lowest BCUT2D eigenvalue weighted by atomic mass is 9.88. The van der Waals surface area contributed by atoms with Crippen LogP contribution in [-0.2, 0) is 20.7 Å². The molecule has 7 heterocycles. The summed E-state index contributed by atoms with van der Waals surface area (Å²) in [6.45, 7) is 13.2. The van der Waals surface area contributed by atoms with Crippen molar-refractivity contribution in [3.8, 4) is 29.4 Å². The summed E-state index contributed by atoms with van der Waals surface area (Å²) >= 11 is 0. The van der Waals surface area contributed by atoms with E-state index in [9.17, 15) is 24.6 Å². The van der Waals surface area contributed by atoms with Crippen LogP contribution < -0.4 is 10.2 Å². The SMILES string of the molecule is C#Cc1ccc([C@H](C)NC(=O)[C@@H]2C[C@@H](O)CN2C(=O)[C@@H](OC(=O)N2CCC(N3CCC(c4cnc(N5CCc6[nH]c7nnc(-c8ccccc8O)cc7c6[C@H]5C)nc4)CC3)CC2)C(C)(C)C)cc1. The predicted octanol–water partition coefficient (Wildman–Crippen LogP) is 6.26. The number of aliphatic hydroxyl groups excluding tert-OH is 1. The number of aliphatic hydroxyl groups is 1. The van der Waals surface area contributed by atoms with Crippen LogP contribution >= 0.6 is 0 Å². The maximum atomic E-state index is 14.2. The Kier molecular flexibility index (Phi) is 13.1. The van der Waals surface area contributed by atoms with Gasteiger partial charge in [0.2, 0.25) is 11.9 Å². The van der Waals surface area contributed by atoms with Crippen molar-refractivity contribution in [3.63, 3.8) is 0 Å².